The average molecular weight is 352 g/mol. The average Bonchev–Trinajstić information content (AvgIpc) is 3.15. The fourth-order valence-electron chi connectivity index (χ4n) is 3.61. The maximum atomic E-state index is 12.6. The molecule has 2 atom stereocenters. The van der Waals surface area contributed by atoms with Gasteiger partial charge in [-0.1, -0.05) is 6.07 Å². The second kappa shape index (κ2) is 6.72. The summed E-state index contributed by atoms with van der Waals surface area (Å²) in [5.41, 5.74) is 1.44. The fourth-order valence-corrected chi connectivity index (χ4v) is 5.57. The molecule has 6 nitrogen and oxygen atoms in total. The van der Waals surface area contributed by atoms with Gasteiger partial charge in [-0.15, -0.1) is 0 Å². The molecular formula is C17H24N2O4S. The van der Waals surface area contributed by atoms with E-state index in [9.17, 15) is 13.2 Å². The van der Waals surface area contributed by atoms with Crippen LogP contribution in [0.15, 0.2) is 18.2 Å². The zero-order valence-electron chi connectivity index (χ0n) is 14.1. The Balaban J connectivity index is 1.76. The predicted molar refractivity (Wildman–Crippen MR) is 92.2 cm³/mol. The van der Waals surface area contributed by atoms with E-state index in [-0.39, 0.29) is 29.5 Å². The number of nitrogens with zero attached hydrogens (tertiary/aromatic N) is 1. The fraction of sp³-hybridized carbons (Fsp3) is 0.588. The van der Waals surface area contributed by atoms with Crippen LogP contribution in [0.2, 0.25) is 0 Å². The molecule has 0 spiro atoms. The van der Waals surface area contributed by atoms with Crippen LogP contribution >= 0.6 is 0 Å². The number of amides is 1. The highest BCUT2D eigenvalue weighted by molar-refractivity contribution is 7.91. The molecule has 24 heavy (non-hydrogen) atoms. The van der Waals surface area contributed by atoms with Gasteiger partial charge < -0.3 is 10.1 Å². The zero-order chi connectivity index (χ0) is 17.3. The Morgan fingerprint density at radius 2 is 1.96 bits per heavy atom. The van der Waals surface area contributed by atoms with Crippen molar-refractivity contribution in [2.45, 2.75) is 31.8 Å². The minimum atomic E-state index is -3.11. The Morgan fingerprint density at radius 3 is 2.62 bits per heavy atom. The zero-order valence-corrected chi connectivity index (χ0v) is 14.9. The SMILES string of the molecule is COc1cc(C(=O)NC2CS(=O)(=O)CC2N2CCCC2)ccc1C. The van der Waals surface area contributed by atoms with Gasteiger partial charge >= 0.3 is 0 Å². The van der Waals surface area contributed by atoms with Crippen LogP contribution in [0.4, 0.5) is 0 Å². The molecule has 132 valence electrons. The topological polar surface area (TPSA) is 75.7 Å². The summed E-state index contributed by atoms with van der Waals surface area (Å²) in [4.78, 5) is 14.8. The van der Waals surface area contributed by atoms with Crippen LogP contribution in [-0.2, 0) is 9.84 Å². The molecular weight excluding hydrogens is 328 g/mol. The van der Waals surface area contributed by atoms with E-state index < -0.39 is 9.84 Å². The van der Waals surface area contributed by atoms with Gasteiger partial charge in [0, 0.05) is 11.6 Å². The molecule has 2 saturated heterocycles. The summed E-state index contributed by atoms with van der Waals surface area (Å²) in [6, 6.07) is 4.79. The van der Waals surface area contributed by atoms with E-state index in [1.165, 1.54) is 0 Å². The van der Waals surface area contributed by atoms with Gasteiger partial charge in [0.05, 0.1) is 24.7 Å². The first kappa shape index (κ1) is 17.2. The minimum Gasteiger partial charge on any atom is -0.496 e. The van der Waals surface area contributed by atoms with Gasteiger partial charge in [-0.05, 0) is 50.6 Å². The summed E-state index contributed by atoms with van der Waals surface area (Å²) >= 11 is 0. The van der Waals surface area contributed by atoms with Crippen LogP contribution in [0, 0.1) is 6.92 Å². The summed E-state index contributed by atoms with van der Waals surface area (Å²) < 4.78 is 29.4. The van der Waals surface area contributed by atoms with Crippen molar-refractivity contribution in [2.24, 2.45) is 0 Å². The third-order valence-corrected chi connectivity index (χ3v) is 6.64. The highest BCUT2D eigenvalue weighted by Gasteiger charge is 2.42. The van der Waals surface area contributed by atoms with E-state index in [1.54, 1.807) is 19.2 Å². The highest BCUT2D eigenvalue weighted by Crippen LogP contribution is 2.24. The molecule has 0 bridgehead atoms. The van der Waals surface area contributed by atoms with E-state index in [1.807, 2.05) is 13.0 Å². The number of rotatable bonds is 4. The number of carbonyl (C=O) groups is 1. The number of carbonyl (C=O) groups excluding carboxylic acids is 1. The van der Waals surface area contributed by atoms with E-state index in [2.05, 4.69) is 10.2 Å². The second-order valence-electron chi connectivity index (χ2n) is 6.65. The van der Waals surface area contributed by atoms with Crippen molar-refractivity contribution in [2.75, 3.05) is 31.7 Å². The van der Waals surface area contributed by atoms with Gasteiger partial charge in [0.25, 0.3) is 5.91 Å². The van der Waals surface area contributed by atoms with Gasteiger partial charge in [0.2, 0.25) is 0 Å². The van der Waals surface area contributed by atoms with Crippen LogP contribution in [0.25, 0.3) is 0 Å². The second-order valence-corrected chi connectivity index (χ2v) is 8.81. The number of aryl methyl sites for hydroxylation is 1. The monoisotopic (exact) mass is 352 g/mol. The number of hydrogen-bond donors (Lipinski definition) is 1. The molecule has 2 fully saturated rings. The molecule has 7 heteroatoms. The predicted octanol–water partition coefficient (Wildman–Crippen LogP) is 0.995. The molecule has 0 saturated carbocycles. The molecule has 1 aromatic carbocycles. The van der Waals surface area contributed by atoms with Crippen molar-refractivity contribution in [1.29, 1.82) is 0 Å². The third-order valence-electron chi connectivity index (χ3n) is 4.92. The number of likely N-dealkylation sites (tertiary alicyclic amines) is 1. The van der Waals surface area contributed by atoms with Gasteiger partial charge in [0.1, 0.15) is 5.75 Å². The van der Waals surface area contributed by atoms with Crippen molar-refractivity contribution in [1.82, 2.24) is 10.2 Å². The lowest BCUT2D eigenvalue weighted by Gasteiger charge is -2.28. The first-order valence-electron chi connectivity index (χ1n) is 8.29. The van der Waals surface area contributed by atoms with Gasteiger partial charge in [0.15, 0.2) is 9.84 Å². The molecule has 2 aliphatic heterocycles. The number of nitrogens with one attached hydrogen (secondary N) is 1. The molecule has 0 aliphatic carbocycles. The first-order chi connectivity index (χ1) is 11.4. The van der Waals surface area contributed by atoms with Crippen LogP contribution in [0.3, 0.4) is 0 Å². The van der Waals surface area contributed by atoms with Crippen molar-refractivity contribution in [3.63, 3.8) is 0 Å². The normalized spacial score (nSPS) is 26.4. The molecule has 2 aliphatic rings. The summed E-state index contributed by atoms with van der Waals surface area (Å²) in [7, 11) is -1.54. The summed E-state index contributed by atoms with van der Waals surface area (Å²) in [5.74, 6) is 0.551. The number of ether oxygens (including phenoxy) is 1. The Labute approximate surface area is 143 Å². The lowest BCUT2D eigenvalue weighted by atomic mass is 10.1. The Morgan fingerprint density at radius 1 is 1.25 bits per heavy atom. The van der Waals surface area contributed by atoms with Crippen LogP contribution < -0.4 is 10.1 Å². The van der Waals surface area contributed by atoms with Gasteiger partial charge in [-0.25, -0.2) is 8.42 Å². The van der Waals surface area contributed by atoms with Crippen molar-refractivity contribution in [3.8, 4) is 5.75 Å². The smallest absolute Gasteiger partial charge is 0.251 e. The van der Waals surface area contributed by atoms with Crippen molar-refractivity contribution < 1.29 is 17.9 Å². The van der Waals surface area contributed by atoms with E-state index in [0.29, 0.717) is 11.3 Å². The van der Waals surface area contributed by atoms with Crippen LogP contribution in [0.1, 0.15) is 28.8 Å². The van der Waals surface area contributed by atoms with Gasteiger partial charge in [-0.2, -0.15) is 0 Å². The van der Waals surface area contributed by atoms with E-state index in [0.717, 1.165) is 31.5 Å². The third kappa shape index (κ3) is 3.57. The standard InChI is InChI=1S/C17H24N2O4S/c1-12-5-6-13(9-16(12)23-2)17(20)18-14-10-24(21,22)11-15(14)19-7-3-4-8-19/h5-6,9,14-15H,3-4,7-8,10-11H2,1-2H3,(H,18,20). The van der Waals surface area contributed by atoms with E-state index >= 15 is 0 Å². The van der Waals surface area contributed by atoms with Crippen molar-refractivity contribution in [3.05, 3.63) is 29.3 Å². The maximum Gasteiger partial charge on any atom is 0.251 e. The molecule has 0 radical (unpaired) electrons. The number of sulfone groups is 1. The Bertz CT molecular complexity index is 726. The summed E-state index contributed by atoms with van der Waals surface area (Å²) in [5, 5.41) is 2.93. The summed E-state index contributed by atoms with van der Waals surface area (Å²) in [6.45, 7) is 3.73. The maximum absolute atomic E-state index is 12.6. The molecule has 2 unspecified atom stereocenters. The first-order valence-corrected chi connectivity index (χ1v) is 10.1. The molecule has 0 aromatic heterocycles. The molecule has 1 aromatic rings. The largest absolute Gasteiger partial charge is 0.496 e. The molecule has 3 rings (SSSR count). The lowest BCUT2D eigenvalue weighted by molar-refractivity contribution is 0.0918. The minimum absolute atomic E-state index is 0.0168. The number of methoxy groups -OCH3 is 1. The molecule has 1 N–H and O–H groups in total. The quantitative estimate of drug-likeness (QED) is 0.875. The summed E-state index contributed by atoms with van der Waals surface area (Å²) in [6.07, 6.45) is 2.18. The van der Waals surface area contributed by atoms with Crippen LogP contribution in [-0.4, -0.2) is 63.0 Å². The van der Waals surface area contributed by atoms with Crippen molar-refractivity contribution >= 4 is 15.7 Å². The number of hydrogen-bond acceptors (Lipinski definition) is 5. The Hall–Kier alpha value is -1.60. The highest BCUT2D eigenvalue weighted by atomic mass is 32.2. The number of benzene rings is 1. The van der Waals surface area contributed by atoms with E-state index in [4.69, 9.17) is 4.74 Å². The Kier molecular flexibility index (Phi) is 4.83. The molecule has 1 amide bonds. The van der Waals surface area contributed by atoms with Crippen LogP contribution in [0.5, 0.6) is 5.75 Å². The van der Waals surface area contributed by atoms with Gasteiger partial charge in [-0.3, -0.25) is 9.69 Å². The lowest BCUT2D eigenvalue weighted by Crippen LogP contribution is -2.50. The molecule has 2 heterocycles.